The maximum Gasteiger partial charge on any atom is 0.0799 e. The molecule has 1 aromatic heterocycles. The lowest BCUT2D eigenvalue weighted by Gasteiger charge is -2.26. The van der Waals surface area contributed by atoms with Crippen LogP contribution in [0.5, 0.6) is 0 Å². The molecular formula is C15H19N3O. The van der Waals surface area contributed by atoms with Crippen LogP contribution in [-0.4, -0.2) is 23.0 Å². The van der Waals surface area contributed by atoms with E-state index in [1.165, 1.54) is 0 Å². The number of para-hydroxylation sites is 1. The van der Waals surface area contributed by atoms with Crippen molar-refractivity contribution in [1.82, 2.24) is 9.78 Å². The van der Waals surface area contributed by atoms with Crippen LogP contribution in [0.1, 0.15) is 24.6 Å². The van der Waals surface area contributed by atoms with Gasteiger partial charge in [0.15, 0.2) is 0 Å². The van der Waals surface area contributed by atoms with Gasteiger partial charge in [-0.25, -0.2) is 4.68 Å². The van der Waals surface area contributed by atoms with Crippen molar-refractivity contribution in [2.75, 3.05) is 13.2 Å². The summed E-state index contributed by atoms with van der Waals surface area (Å²) in [6.07, 6.45) is 4.19. The fourth-order valence-electron chi connectivity index (χ4n) is 2.53. The Labute approximate surface area is 113 Å². The van der Waals surface area contributed by atoms with Crippen molar-refractivity contribution in [3.05, 3.63) is 48.3 Å². The van der Waals surface area contributed by atoms with Gasteiger partial charge in [0.2, 0.25) is 0 Å². The van der Waals surface area contributed by atoms with Gasteiger partial charge in [0.25, 0.3) is 0 Å². The molecule has 1 fully saturated rings. The topological polar surface area (TPSA) is 53.1 Å². The highest BCUT2D eigenvalue weighted by atomic mass is 16.5. The summed E-state index contributed by atoms with van der Waals surface area (Å²) in [5.41, 5.74) is 8.31. The molecular weight excluding hydrogens is 238 g/mol. The molecule has 1 aromatic carbocycles. The molecule has 0 aliphatic carbocycles. The molecule has 3 rings (SSSR count). The lowest BCUT2D eigenvalue weighted by Crippen LogP contribution is -2.29. The molecule has 0 amide bonds. The lowest BCUT2D eigenvalue weighted by molar-refractivity contribution is 0.0442. The Kier molecular flexibility index (Phi) is 3.62. The Morgan fingerprint density at radius 2 is 2.11 bits per heavy atom. The van der Waals surface area contributed by atoms with Crippen molar-refractivity contribution in [2.45, 2.75) is 18.9 Å². The third-order valence-electron chi connectivity index (χ3n) is 3.68. The largest absolute Gasteiger partial charge is 0.381 e. The van der Waals surface area contributed by atoms with Crippen LogP contribution >= 0.6 is 0 Å². The van der Waals surface area contributed by atoms with Crippen LogP contribution in [0.25, 0.3) is 5.69 Å². The van der Waals surface area contributed by atoms with E-state index in [0.717, 1.165) is 37.4 Å². The molecule has 2 heterocycles. The SMILES string of the molecule is NC(c1ccn(-c2ccccc2)n1)C1CCCOC1. The summed E-state index contributed by atoms with van der Waals surface area (Å²) in [7, 11) is 0. The first kappa shape index (κ1) is 12.4. The highest BCUT2D eigenvalue weighted by Gasteiger charge is 2.24. The van der Waals surface area contributed by atoms with Gasteiger partial charge >= 0.3 is 0 Å². The Morgan fingerprint density at radius 3 is 2.84 bits per heavy atom. The molecule has 2 aromatic rings. The van der Waals surface area contributed by atoms with Crippen LogP contribution in [0.2, 0.25) is 0 Å². The maximum atomic E-state index is 6.31. The minimum atomic E-state index is -0.0368. The first-order valence-corrected chi connectivity index (χ1v) is 6.79. The summed E-state index contributed by atoms with van der Waals surface area (Å²) in [5.74, 6) is 0.382. The van der Waals surface area contributed by atoms with Crippen LogP contribution in [0.15, 0.2) is 42.6 Å². The quantitative estimate of drug-likeness (QED) is 0.918. The number of rotatable bonds is 3. The lowest BCUT2D eigenvalue weighted by atomic mass is 9.92. The summed E-state index contributed by atoms with van der Waals surface area (Å²) in [6.45, 7) is 1.61. The Hall–Kier alpha value is -1.65. The van der Waals surface area contributed by atoms with Crippen LogP contribution in [0.3, 0.4) is 0 Å². The van der Waals surface area contributed by atoms with Gasteiger partial charge in [0.05, 0.1) is 24.0 Å². The highest BCUT2D eigenvalue weighted by Crippen LogP contribution is 2.26. The van der Waals surface area contributed by atoms with Gasteiger partial charge in [-0.3, -0.25) is 0 Å². The molecule has 4 heteroatoms. The zero-order chi connectivity index (χ0) is 13.1. The molecule has 1 saturated heterocycles. The van der Waals surface area contributed by atoms with Gasteiger partial charge in [-0.15, -0.1) is 0 Å². The predicted octanol–water partition coefficient (Wildman–Crippen LogP) is 2.30. The number of hydrogen-bond acceptors (Lipinski definition) is 3. The minimum Gasteiger partial charge on any atom is -0.381 e. The van der Waals surface area contributed by atoms with E-state index in [1.54, 1.807) is 0 Å². The maximum absolute atomic E-state index is 6.31. The standard InChI is InChI=1S/C15H19N3O/c16-15(12-5-4-10-19-11-12)14-8-9-18(17-14)13-6-2-1-3-7-13/h1-3,6-9,12,15H,4-5,10-11,16H2. The van der Waals surface area contributed by atoms with Crippen LogP contribution in [-0.2, 0) is 4.74 Å². The van der Waals surface area contributed by atoms with Gasteiger partial charge in [-0.1, -0.05) is 18.2 Å². The first-order valence-electron chi connectivity index (χ1n) is 6.79. The van der Waals surface area contributed by atoms with Gasteiger partial charge in [-0.05, 0) is 31.0 Å². The monoisotopic (exact) mass is 257 g/mol. The molecule has 0 radical (unpaired) electrons. The van der Waals surface area contributed by atoms with E-state index in [2.05, 4.69) is 5.10 Å². The molecule has 0 bridgehead atoms. The minimum absolute atomic E-state index is 0.0368. The molecule has 2 atom stereocenters. The first-order chi connectivity index (χ1) is 9.34. The second-order valence-corrected chi connectivity index (χ2v) is 5.02. The molecule has 0 spiro atoms. The van der Waals surface area contributed by atoms with Crippen molar-refractivity contribution >= 4 is 0 Å². The van der Waals surface area contributed by atoms with Crippen molar-refractivity contribution in [2.24, 2.45) is 11.7 Å². The summed E-state index contributed by atoms with van der Waals surface area (Å²) in [4.78, 5) is 0. The van der Waals surface area contributed by atoms with Gasteiger partial charge in [0.1, 0.15) is 0 Å². The molecule has 1 aliphatic heterocycles. The predicted molar refractivity (Wildman–Crippen MR) is 74.0 cm³/mol. The highest BCUT2D eigenvalue weighted by molar-refractivity contribution is 5.30. The summed E-state index contributed by atoms with van der Waals surface area (Å²) >= 11 is 0. The van der Waals surface area contributed by atoms with Crippen LogP contribution in [0.4, 0.5) is 0 Å². The molecule has 19 heavy (non-hydrogen) atoms. The van der Waals surface area contributed by atoms with E-state index >= 15 is 0 Å². The smallest absolute Gasteiger partial charge is 0.0799 e. The summed E-state index contributed by atoms with van der Waals surface area (Å²) in [5, 5.41) is 4.59. The Bertz CT molecular complexity index is 517. The molecule has 100 valence electrons. The molecule has 1 aliphatic rings. The zero-order valence-corrected chi connectivity index (χ0v) is 10.9. The van der Waals surface area contributed by atoms with E-state index < -0.39 is 0 Å². The normalized spacial score (nSPS) is 21.2. The summed E-state index contributed by atoms with van der Waals surface area (Å²) in [6, 6.07) is 12.0. The van der Waals surface area contributed by atoms with Gasteiger partial charge in [-0.2, -0.15) is 5.10 Å². The zero-order valence-electron chi connectivity index (χ0n) is 10.9. The molecule has 2 unspecified atom stereocenters. The van der Waals surface area contributed by atoms with Crippen molar-refractivity contribution in [3.8, 4) is 5.69 Å². The fourth-order valence-corrected chi connectivity index (χ4v) is 2.53. The van der Waals surface area contributed by atoms with Crippen LogP contribution in [0, 0.1) is 5.92 Å². The molecule has 2 N–H and O–H groups in total. The average molecular weight is 257 g/mol. The second kappa shape index (κ2) is 5.55. The second-order valence-electron chi connectivity index (χ2n) is 5.02. The number of benzene rings is 1. The van der Waals surface area contributed by atoms with Crippen molar-refractivity contribution in [3.63, 3.8) is 0 Å². The van der Waals surface area contributed by atoms with Crippen molar-refractivity contribution in [1.29, 1.82) is 0 Å². The average Bonchev–Trinajstić information content (AvgIpc) is 2.98. The summed E-state index contributed by atoms with van der Waals surface area (Å²) < 4.78 is 7.38. The third-order valence-corrected chi connectivity index (χ3v) is 3.68. The van der Waals surface area contributed by atoms with Crippen LogP contribution < -0.4 is 5.73 Å². The van der Waals surface area contributed by atoms with E-state index in [-0.39, 0.29) is 6.04 Å². The van der Waals surface area contributed by atoms with E-state index in [0.29, 0.717) is 5.92 Å². The third kappa shape index (κ3) is 2.69. The number of nitrogens with zero attached hydrogens (tertiary/aromatic N) is 2. The number of hydrogen-bond donors (Lipinski definition) is 1. The van der Waals surface area contributed by atoms with Crippen molar-refractivity contribution < 1.29 is 4.74 Å². The van der Waals surface area contributed by atoms with Gasteiger partial charge < -0.3 is 10.5 Å². The van der Waals surface area contributed by atoms with E-state index in [1.807, 2.05) is 47.3 Å². The molecule has 0 saturated carbocycles. The van der Waals surface area contributed by atoms with E-state index in [4.69, 9.17) is 10.5 Å². The Balaban J connectivity index is 1.77. The number of aromatic nitrogens is 2. The fraction of sp³-hybridized carbons (Fsp3) is 0.400. The Morgan fingerprint density at radius 1 is 1.26 bits per heavy atom. The number of ether oxygens (including phenoxy) is 1. The molecule has 4 nitrogen and oxygen atoms in total. The van der Waals surface area contributed by atoms with E-state index in [9.17, 15) is 0 Å². The number of nitrogens with two attached hydrogens (primary N) is 1. The van der Waals surface area contributed by atoms with Gasteiger partial charge in [0, 0.05) is 18.7 Å².